The Bertz CT molecular complexity index is 665. The number of benzene rings is 1. The van der Waals surface area contributed by atoms with Gasteiger partial charge in [0.1, 0.15) is 11.5 Å². The standard InChI is InChI=1S/C17H18N2O2/c1-3-19-11-14-15(10-17(19)20)18-9-8-16(14)21-13-6-4-12(2)5-7-13/h4-9H,3,10-11H2,1-2H3. The monoisotopic (exact) mass is 282 g/mol. The summed E-state index contributed by atoms with van der Waals surface area (Å²) in [4.78, 5) is 18.1. The molecule has 1 aliphatic rings. The van der Waals surface area contributed by atoms with Crippen LogP contribution in [0.1, 0.15) is 23.7 Å². The molecule has 2 heterocycles. The van der Waals surface area contributed by atoms with E-state index in [0.717, 1.165) is 22.8 Å². The average molecular weight is 282 g/mol. The van der Waals surface area contributed by atoms with Crippen molar-refractivity contribution in [3.63, 3.8) is 0 Å². The Morgan fingerprint density at radius 3 is 2.71 bits per heavy atom. The molecule has 2 aromatic rings. The maximum absolute atomic E-state index is 11.9. The largest absolute Gasteiger partial charge is 0.457 e. The maximum atomic E-state index is 11.9. The van der Waals surface area contributed by atoms with Gasteiger partial charge in [0.25, 0.3) is 0 Å². The first kappa shape index (κ1) is 13.6. The Labute approximate surface area is 124 Å². The number of hydrogen-bond acceptors (Lipinski definition) is 3. The number of pyridine rings is 1. The van der Waals surface area contributed by atoms with Crippen LogP contribution in [0.5, 0.6) is 11.5 Å². The van der Waals surface area contributed by atoms with Crippen molar-refractivity contribution in [2.24, 2.45) is 0 Å². The van der Waals surface area contributed by atoms with Crippen LogP contribution in [0.4, 0.5) is 0 Å². The summed E-state index contributed by atoms with van der Waals surface area (Å²) in [5.41, 5.74) is 3.04. The van der Waals surface area contributed by atoms with Gasteiger partial charge < -0.3 is 9.64 Å². The summed E-state index contributed by atoms with van der Waals surface area (Å²) in [6, 6.07) is 9.81. The van der Waals surface area contributed by atoms with Gasteiger partial charge in [-0.15, -0.1) is 0 Å². The number of amides is 1. The number of carbonyl (C=O) groups excluding carboxylic acids is 1. The minimum absolute atomic E-state index is 0.130. The number of aryl methyl sites for hydroxylation is 1. The van der Waals surface area contributed by atoms with E-state index < -0.39 is 0 Å². The molecule has 3 rings (SSSR count). The molecule has 0 aliphatic carbocycles. The van der Waals surface area contributed by atoms with Crippen LogP contribution < -0.4 is 4.74 Å². The highest BCUT2D eigenvalue weighted by Crippen LogP contribution is 2.30. The van der Waals surface area contributed by atoms with E-state index in [2.05, 4.69) is 4.98 Å². The van der Waals surface area contributed by atoms with E-state index in [9.17, 15) is 4.79 Å². The van der Waals surface area contributed by atoms with Crippen molar-refractivity contribution in [1.29, 1.82) is 0 Å². The topological polar surface area (TPSA) is 42.4 Å². The third kappa shape index (κ3) is 2.75. The van der Waals surface area contributed by atoms with Gasteiger partial charge in [-0.2, -0.15) is 0 Å². The lowest BCUT2D eigenvalue weighted by atomic mass is 10.0. The minimum atomic E-state index is 0.130. The average Bonchev–Trinajstić information content (AvgIpc) is 2.49. The van der Waals surface area contributed by atoms with Gasteiger partial charge in [0, 0.05) is 18.3 Å². The number of hydrogen-bond donors (Lipinski definition) is 0. The number of carbonyl (C=O) groups is 1. The summed E-state index contributed by atoms with van der Waals surface area (Å²) in [6.07, 6.45) is 2.06. The van der Waals surface area contributed by atoms with E-state index in [1.807, 2.05) is 49.1 Å². The van der Waals surface area contributed by atoms with Crippen LogP contribution in [0.3, 0.4) is 0 Å². The Morgan fingerprint density at radius 2 is 2.00 bits per heavy atom. The second-order valence-electron chi connectivity index (χ2n) is 5.23. The lowest BCUT2D eigenvalue weighted by Gasteiger charge is -2.28. The predicted octanol–water partition coefficient (Wildman–Crippen LogP) is 3.09. The summed E-state index contributed by atoms with van der Waals surface area (Å²) >= 11 is 0. The number of likely N-dealkylation sites (N-methyl/N-ethyl adjacent to an activating group) is 1. The van der Waals surface area contributed by atoms with Crippen LogP contribution in [-0.2, 0) is 17.8 Å². The maximum Gasteiger partial charge on any atom is 0.228 e. The van der Waals surface area contributed by atoms with Crippen molar-refractivity contribution in [3.05, 3.63) is 53.3 Å². The molecule has 1 aliphatic heterocycles. The van der Waals surface area contributed by atoms with Crippen molar-refractivity contribution < 1.29 is 9.53 Å². The third-order valence-corrected chi connectivity index (χ3v) is 3.75. The smallest absolute Gasteiger partial charge is 0.228 e. The van der Waals surface area contributed by atoms with Crippen molar-refractivity contribution in [2.45, 2.75) is 26.8 Å². The molecule has 4 heteroatoms. The van der Waals surface area contributed by atoms with Gasteiger partial charge in [-0.1, -0.05) is 17.7 Å². The number of aromatic nitrogens is 1. The molecule has 0 spiro atoms. The molecule has 0 fully saturated rings. The normalized spacial score (nSPS) is 14.0. The van der Waals surface area contributed by atoms with Crippen LogP contribution >= 0.6 is 0 Å². The number of ether oxygens (including phenoxy) is 1. The molecule has 0 bridgehead atoms. The summed E-state index contributed by atoms with van der Waals surface area (Å²) in [7, 11) is 0. The van der Waals surface area contributed by atoms with Crippen molar-refractivity contribution in [3.8, 4) is 11.5 Å². The van der Waals surface area contributed by atoms with Gasteiger partial charge in [0.15, 0.2) is 0 Å². The first-order valence-electron chi connectivity index (χ1n) is 7.16. The molecule has 0 unspecified atom stereocenters. The number of rotatable bonds is 3. The summed E-state index contributed by atoms with van der Waals surface area (Å²) in [5.74, 6) is 1.72. The Balaban J connectivity index is 1.92. The van der Waals surface area contributed by atoms with Crippen molar-refractivity contribution in [2.75, 3.05) is 6.54 Å². The van der Waals surface area contributed by atoms with E-state index >= 15 is 0 Å². The Morgan fingerprint density at radius 1 is 1.24 bits per heavy atom. The molecule has 1 aromatic carbocycles. The Hall–Kier alpha value is -2.36. The fraction of sp³-hybridized carbons (Fsp3) is 0.294. The van der Waals surface area contributed by atoms with E-state index in [-0.39, 0.29) is 5.91 Å². The van der Waals surface area contributed by atoms with Crippen molar-refractivity contribution in [1.82, 2.24) is 9.88 Å². The zero-order valence-electron chi connectivity index (χ0n) is 12.3. The summed E-state index contributed by atoms with van der Waals surface area (Å²) in [6.45, 7) is 5.30. The van der Waals surface area contributed by atoms with Gasteiger partial charge in [0.2, 0.25) is 5.91 Å². The van der Waals surface area contributed by atoms with Gasteiger partial charge in [0.05, 0.1) is 18.7 Å². The number of fused-ring (bicyclic) bond motifs is 1. The number of nitrogens with zero attached hydrogens (tertiary/aromatic N) is 2. The summed E-state index contributed by atoms with van der Waals surface area (Å²) in [5, 5.41) is 0. The van der Waals surface area contributed by atoms with Gasteiger partial charge in [-0.3, -0.25) is 9.78 Å². The molecule has 0 saturated carbocycles. The molecule has 1 aromatic heterocycles. The molecular formula is C17H18N2O2. The second kappa shape index (κ2) is 5.56. The SMILES string of the molecule is CCN1Cc2c(Oc3ccc(C)cc3)ccnc2CC1=O. The molecule has 108 valence electrons. The highest BCUT2D eigenvalue weighted by Gasteiger charge is 2.25. The van der Waals surface area contributed by atoms with Gasteiger partial charge in [-0.05, 0) is 32.0 Å². The first-order chi connectivity index (χ1) is 10.2. The highest BCUT2D eigenvalue weighted by molar-refractivity contribution is 5.80. The van der Waals surface area contributed by atoms with Crippen LogP contribution in [0.25, 0.3) is 0 Å². The van der Waals surface area contributed by atoms with E-state index in [4.69, 9.17) is 4.74 Å². The molecule has 4 nitrogen and oxygen atoms in total. The predicted molar refractivity (Wildman–Crippen MR) is 80.3 cm³/mol. The molecule has 0 radical (unpaired) electrons. The van der Waals surface area contributed by atoms with Gasteiger partial charge >= 0.3 is 0 Å². The fourth-order valence-electron chi connectivity index (χ4n) is 2.49. The molecule has 1 amide bonds. The lowest BCUT2D eigenvalue weighted by Crippen LogP contribution is -2.36. The van der Waals surface area contributed by atoms with Crippen LogP contribution in [-0.4, -0.2) is 22.3 Å². The van der Waals surface area contributed by atoms with Crippen LogP contribution in [0, 0.1) is 6.92 Å². The van der Waals surface area contributed by atoms with Crippen LogP contribution in [0.2, 0.25) is 0 Å². The van der Waals surface area contributed by atoms with Crippen molar-refractivity contribution >= 4 is 5.91 Å². The molecule has 0 N–H and O–H groups in total. The zero-order valence-corrected chi connectivity index (χ0v) is 12.3. The first-order valence-corrected chi connectivity index (χ1v) is 7.16. The third-order valence-electron chi connectivity index (χ3n) is 3.75. The second-order valence-corrected chi connectivity index (χ2v) is 5.23. The highest BCUT2D eigenvalue weighted by atomic mass is 16.5. The quantitative estimate of drug-likeness (QED) is 0.868. The molecular weight excluding hydrogens is 264 g/mol. The van der Waals surface area contributed by atoms with E-state index in [0.29, 0.717) is 19.5 Å². The minimum Gasteiger partial charge on any atom is -0.457 e. The molecule has 21 heavy (non-hydrogen) atoms. The molecule has 0 atom stereocenters. The summed E-state index contributed by atoms with van der Waals surface area (Å²) < 4.78 is 5.98. The van der Waals surface area contributed by atoms with E-state index in [1.165, 1.54) is 5.56 Å². The lowest BCUT2D eigenvalue weighted by molar-refractivity contribution is -0.131. The Kier molecular flexibility index (Phi) is 3.60. The van der Waals surface area contributed by atoms with E-state index in [1.54, 1.807) is 6.20 Å². The fourth-order valence-corrected chi connectivity index (χ4v) is 2.49. The van der Waals surface area contributed by atoms with Crippen LogP contribution in [0.15, 0.2) is 36.5 Å². The molecule has 0 saturated heterocycles. The zero-order chi connectivity index (χ0) is 14.8. The van der Waals surface area contributed by atoms with Gasteiger partial charge in [-0.25, -0.2) is 0 Å².